The van der Waals surface area contributed by atoms with E-state index >= 15 is 0 Å². The van der Waals surface area contributed by atoms with E-state index in [1.807, 2.05) is 6.08 Å². The highest BCUT2D eigenvalue weighted by Crippen LogP contribution is 2.33. The van der Waals surface area contributed by atoms with Crippen molar-refractivity contribution in [3.8, 4) is 0 Å². The Kier molecular flexibility index (Phi) is 5.34. The Bertz CT molecular complexity index is 191. The van der Waals surface area contributed by atoms with Crippen molar-refractivity contribution in [1.82, 2.24) is 5.32 Å². The molecule has 15 heavy (non-hydrogen) atoms. The molecule has 1 rings (SSSR count). The van der Waals surface area contributed by atoms with Gasteiger partial charge in [-0.25, -0.2) is 0 Å². The zero-order chi connectivity index (χ0) is 11.1. The Morgan fingerprint density at radius 3 is 3.00 bits per heavy atom. The van der Waals surface area contributed by atoms with Crippen molar-refractivity contribution in [2.45, 2.75) is 51.0 Å². The molecule has 1 aliphatic carbocycles. The van der Waals surface area contributed by atoms with Gasteiger partial charge in [-0.05, 0) is 31.7 Å². The number of hydrogen-bond acceptors (Lipinski definition) is 2. The summed E-state index contributed by atoms with van der Waals surface area (Å²) in [5.41, 5.74) is 6.17. The summed E-state index contributed by atoms with van der Waals surface area (Å²) in [6.07, 6.45) is 9.53. The van der Waals surface area contributed by atoms with Crippen LogP contribution in [0.3, 0.4) is 0 Å². The SMILES string of the molecule is C=CCCNC1(CN)CCCC(CC)C1. The van der Waals surface area contributed by atoms with Crippen LogP contribution in [0.15, 0.2) is 12.7 Å². The standard InChI is InChI=1S/C13H26N2/c1-3-5-9-15-13(11-14)8-6-7-12(4-2)10-13/h3,12,15H,1,4-11,14H2,2H3. The lowest BCUT2D eigenvalue weighted by atomic mass is 9.74. The molecule has 88 valence electrons. The summed E-state index contributed by atoms with van der Waals surface area (Å²) in [4.78, 5) is 0. The van der Waals surface area contributed by atoms with Gasteiger partial charge in [-0.2, -0.15) is 0 Å². The van der Waals surface area contributed by atoms with Crippen molar-refractivity contribution >= 4 is 0 Å². The minimum absolute atomic E-state index is 0.224. The van der Waals surface area contributed by atoms with Crippen LogP contribution < -0.4 is 11.1 Å². The van der Waals surface area contributed by atoms with Gasteiger partial charge in [0, 0.05) is 12.1 Å². The Morgan fingerprint density at radius 2 is 2.40 bits per heavy atom. The molecule has 2 atom stereocenters. The zero-order valence-electron chi connectivity index (χ0n) is 10.1. The summed E-state index contributed by atoms with van der Waals surface area (Å²) >= 11 is 0. The topological polar surface area (TPSA) is 38.0 Å². The first-order chi connectivity index (χ1) is 7.26. The molecule has 0 aromatic carbocycles. The van der Waals surface area contributed by atoms with Crippen LogP contribution in [0, 0.1) is 5.92 Å². The van der Waals surface area contributed by atoms with Crippen LogP contribution in [-0.2, 0) is 0 Å². The Balaban J connectivity index is 2.46. The highest BCUT2D eigenvalue weighted by Gasteiger charge is 2.33. The fourth-order valence-corrected chi connectivity index (χ4v) is 2.69. The minimum Gasteiger partial charge on any atom is -0.329 e. The van der Waals surface area contributed by atoms with Crippen LogP contribution >= 0.6 is 0 Å². The van der Waals surface area contributed by atoms with E-state index in [1.165, 1.54) is 32.1 Å². The molecule has 3 N–H and O–H groups in total. The van der Waals surface area contributed by atoms with Crippen LogP contribution in [0.25, 0.3) is 0 Å². The lowest BCUT2D eigenvalue weighted by Gasteiger charge is -2.41. The van der Waals surface area contributed by atoms with Crippen LogP contribution in [0.2, 0.25) is 0 Å². The molecule has 2 unspecified atom stereocenters. The number of hydrogen-bond donors (Lipinski definition) is 2. The number of rotatable bonds is 6. The first-order valence-electron chi connectivity index (χ1n) is 6.32. The van der Waals surface area contributed by atoms with Crippen molar-refractivity contribution in [2.75, 3.05) is 13.1 Å². The first-order valence-corrected chi connectivity index (χ1v) is 6.32. The number of nitrogens with two attached hydrogens (primary N) is 1. The van der Waals surface area contributed by atoms with Crippen LogP contribution in [0.1, 0.15) is 45.4 Å². The molecular weight excluding hydrogens is 184 g/mol. The third-order valence-corrected chi connectivity index (χ3v) is 3.76. The Morgan fingerprint density at radius 1 is 1.60 bits per heavy atom. The van der Waals surface area contributed by atoms with E-state index in [9.17, 15) is 0 Å². The van der Waals surface area contributed by atoms with E-state index < -0.39 is 0 Å². The molecule has 1 fully saturated rings. The van der Waals surface area contributed by atoms with Crippen LogP contribution in [0.5, 0.6) is 0 Å². The fourth-order valence-electron chi connectivity index (χ4n) is 2.69. The zero-order valence-corrected chi connectivity index (χ0v) is 10.1. The van der Waals surface area contributed by atoms with Gasteiger partial charge in [-0.15, -0.1) is 6.58 Å². The molecule has 0 aliphatic heterocycles. The van der Waals surface area contributed by atoms with E-state index in [2.05, 4.69) is 18.8 Å². The van der Waals surface area contributed by atoms with Gasteiger partial charge in [-0.3, -0.25) is 0 Å². The molecule has 2 nitrogen and oxygen atoms in total. The van der Waals surface area contributed by atoms with Crippen LogP contribution in [0.4, 0.5) is 0 Å². The molecule has 2 heteroatoms. The molecule has 1 saturated carbocycles. The van der Waals surface area contributed by atoms with Gasteiger partial charge in [0.15, 0.2) is 0 Å². The second-order valence-electron chi connectivity index (χ2n) is 4.86. The van der Waals surface area contributed by atoms with E-state index in [4.69, 9.17) is 5.73 Å². The fraction of sp³-hybridized carbons (Fsp3) is 0.846. The molecule has 0 amide bonds. The molecule has 0 bridgehead atoms. The Labute approximate surface area is 94.3 Å². The molecule has 0 saturated heterocycles. The monoisotopic (exact) mass is 210 g/mol. The average Bonchev–Trinajstić information content (AvgIpc) is 2.30. The predicted octanol–water partition coefficient (Wildman–Crippen LogP) is 2.45. The quantitative estimate of drug-likeness (QED) is 0.522. The molecule has 0 spiro atoms. The van der Waals surface area contributed by atoms with Gasteiger partial charge in [0.05, 0.1) is 0 Å². The highest BCUT2D eigenvalue weighted by atomic mass is 15.0. The first kappa shape index (κ1) is 12.7. The third-order valence-electron chi connectivity index (χ3n) is 3.76. The third kappa shape index (κ3) is 3.62. The second kappa shape index (κ2) is 6.29. The smallest absolute Gasteiger partial charge is 0.0306 e. The average molecular weight is 210 g/mol. The summed E-state index contributed by atoms with van der Waals surface area (Å²) in [6.45, 7) is 7.85. The maximum absolute atomic E-state index is 5.95. The lowest BCUT2D eigenvalue weighted by Crippen LogP contribution is -2.54. The van der Waals surface area contributed by atoms with Gasteiger partial charge in [0.25, 0.3) is 0 Å². The summed E-state index contributed by atoms with van der Waals surface area (Å²) in [7, 11) is 0. The Hall–Kier alpha value is -0.340. The normalized spacial score (nSPS) is 31.5. The summed E-state index contributed by atoms with van der Waals surface area (Å²) in [6, 6.07) is 0. The van der Waals surface area contributed by atoms with E-state index in [0.717, 1.165) is 25.4 Å². The van der Waals surface area contributed by atoms with Gasteiger partial charge in [0.1, 0.15) is 0 Å². The van der Waals surface area contributed by atoms with Crippen molar-refractivity contribution in [3.05, 3.63) is 12.7 Å². The predicted molar refractivity (Wildman–Crippen MR) is 66.9 cm³/mol. The molecule has 0 heterocycles. The molecular formula is C13H26N2. The van der Waals surface area contributed by atoms with Crippen molar-refractivity contribution in [1.29, 1.82) is 0 Å². The largest absolute Gasteiger partial charge is 0.329 e. The second-order valence-corrected chi connectivity index (χ2v) is 4.86. The molecule has 1 aliphatic rings. The van der Waals surface area contributed by atoms with Crippen molar-refractivity contribution in [3.63, 3.8) is 0 Å². The van der Waals surface area contributed by atoms with E-state index in [1.54, 1.807) is 0 Å². The van der Waals surface area contributed by atoms with Crippen molar-refractivity contribution in [2.24, 2.45) is 11.7 Å². The lowest BCUT2D eigenvalue weighted by molar-refractivity contribution is 0.182. The van der Waals surface area contributed by atoms with E-state index in [-0.39, 0.29) is 5.54 Å². The maximum atomic E-state index is 5.95. The van der Waals surface area contributed by atoms with Crippen molar-refractivity contribution < 1.29 is 0 Å². The summed E-state index contributed by atoms with van der Waals surface area (Å²) in [5.74, 6) is 0.874. The highest BCUT2D eigenvalue weighted by molar-refractivity contribution is 4.94. The summed E-state index contributed by atoms with van der Waals surface area (Å²) < 4.78 is 0. The molecule has 0 radical (unpaired) electrons. The molecule has 0 aromatic rings. The summed E-state index contributed by atoms with van der Waals surface area (Å²) in [5, 5.41) is 3.65. The minimum atomic E-state index is 0.224. The van der Waals surface area contributed by atoms with Gasteiger partial charge >= 0.3 is 0 Å². The van der Waals surface area contributed by atoms with E-state index in [0.29, 0.717) is 0 Å². The van der Waals surface area contributed by atoms with Gasteiger partial charge in [-0.1, -0.05) is 32.3 Å². The maximum Gasteiger partial charge on any atom is 0.0306 e. The van der Waals surface area contributed by atoms with Gasteiger partial charge < -0.3 is 11.1 Å². The molecule has 0 aromatic heterocycles. The van der Waals surface area contributed by atoms with Crippen LogP contribution in [-0.4, -0.2) is 18.6 Å². The number of nitrogens with one attached hydrogen (secondary N) is 1. The van der Waals surface area contributed by atoms with Gasteiger partial charge in [0.2, 0.25) is 0 Å².